The number of nitrogens with one attached hydrogen (secondary N) is 1. The number of methoxy groups -OCH3 is 1. The molecule has 1 aromatic carbocycles. The van der Waals surface area contributed by atoms with Crippen LogP contribution in [0.25, 0.3) is 6.08 Å². The van der Waals surface area contributed by atoms with Gasteiger partial charge in [0, 0.05) is 42.9 Å². The normalized spacial score (nSPS) is 25.1. The summed E-state index contributed by atoms with van der Waals surface area (Å²) in [5.74, 6) is 0.672. The third-order valence-electron chi connectivity index (χ3n) is 6.89. The zero-order valence-corrected chi connectivity index (χ0v) is 18.4. The molecule has 0 atom stereocenters. The summed E-state index contributed by atoms with van der Waals surface area (Å²) in [6, 6.07) is 4.55. The number of carbonyl (C=O) groups excluding carboxylic acids is 1. The molecular weight excluding hydrogens is 384 g/mol. The Balaban J connectivity index is 1.43. The van der Waals surface area contributed by atoms with Gasteiger partial charge in [0.05, 0.1) is 6.10 Å². The van der Waals surface area contributed by atoms with E-state index >= 15 is 0 Å². The Hall–Kier alpha value is -1.52. The number of likely N-dealkylation sites (tertiary alicyclic amines) is 1. The van der Waals surface area contributed by atoms with Gasteiger partial charge in [-0.2, -0.15) is 0 Å². The number of piperidine rings is 1. The predicted octanol–water partition coefficient (Wildman–Crippen LogP) is 5.43. The fraction of sp³-hybridized carbons (Fsp3) is 0.625. The largest absolute Gasteiger partial charge is 0.381 e. The molecule has 2 saturated carbocycles. The number of anilines is 1. The van der Waals surface area contributed by atoms with Gasteiger partial charge in [-0.3, -0.25) is 4.79 Å². The molecule has 0 unspecified atom stereocenters. The molecule has 0 radical (unpaired) electrons. The van der Waals surface area contributed by atoms with Crippen LogP contribution >= 0.6 is 11.6 Å². The van der Waals surface area contributed by atoms with Crippen LogP contribution in [0.5, 0.6) is 0 Å². The summed E-state index contributed by atoms with van der Waals surface area (Å²) >= 11 is 6.38. The molecule has 0 aromatic heterocycles. The van der Waals surface area contributed by atoms with Crippen molar-refractivity contribution >= 4 is 29.3 Å². The summed E-state index contributed by atoms with van der Waals surface area (Å²) in [6.45, 7) is 3.81. The number of hydrogen-bond acceptors (Lipinski definition) is 3. The maximum atomic E-state index is 12.7. The van der Waals surface area contributed by atoms with Gasteiger partial charge >= 0.3 is 0 Å². The number of aryl methyl sites for hydroxylation is 1. The Bertz CT molecular complexity index is 769. The van der Waals surface area contributed by atoms with Crippen molar-refractivity contribution in [3.8, 4) is 0 Å². The molecule has 1 N–H and O–H groups in total. The van der Waals surface area contributed by atoms with Gasteiger partial charge in [-0.05, 0) is 68.7 Å². The van der Waals surface area contributed by atoms with Crippen LogP contribution in [0.15, 0.2) is 17.7 Å². The Morgan fingerprint density at radius 3 is 2.55 bits per heavy atom. The second kappa shape index (κ2) is 9.09. The third-order valence-corrected chi connectivity index (χ3v) is 7.11. The van der Waals surface area contributed by atoms with E-state index in [0.717, 1.165) is 56.6 Å². The molecular formula is C24H33ClN2O2. The molecule has 1 amide bonds. The van der Waals surface area contributed by atoms with Crippen LogP contribution in [0, 0.1) is 12.8 Å². The minimum absolute atomic E-state index is 0.283. The number of halogens is 1. The molecule has 29 heavy (non-hydrogen) atoms. The van der Waals surface area contributed by atoms with E-state index in [1.165, 1.54) is 35.2 Å². The second-order valence-electron chi connectivity index (χ2n) is 8.97. The van der Waals surface area contributed by atoms with Crippen LogP contribution < -0.4 is 5.32 Å². The van der Waals surface area contributed by atoms with E-state index in [0.29, 0.717) is 18.1 Å². The van der Waals surface area contributed by atoms with Crippen LogP contribution in [-0.2, 0) is 9.53 Å². The van der Waals surface area contributed by atoms with Gasteiger partial charge in [0.15, 0.2) is 0 Å². The number of hydrogen-bond donors (Lipinski definition) is 1. The molecule has 158 valence electrons. The number of carbonyl (C=O) groups is 1. The lowest BCUT2D eigenvalue weighted by Gasteiger charge is -2.36. The van der Waals surface area contributed by atoms with Crippen molar-refractivity contribution in [3.05, 3.63) is 33.9 Å². The van der Waals surface area contributed by atoms with Crippen molar-refractivity contribution in [1.29, 1.82) is 0 Å². The van der Waals surface area contributed by atoms with Gasteiger partial charge in [0.25, 0.3) is 0 Å². The molecule has 1 aliphatic heterocycles. The number of benzene rings is 1. The standard InChI is InChI=1S/C24H33ClN2O2/c1-16-11-20(25)13-19(23(16)26-21-14-22(15-21)29-2)12-17-7-9-27(10-8-17)24(28)18-5-3-4-6-18/h11-13,18,21-22,26H,3-10,14-15H2,1-2H3. The molecule has 3 fully saturated rings. The van der Waals surface area contributed by atoms with Gasteiger partial charge in [-0.1, -0.05) is 36.1 Å². The van der Waals surface area contributed by atoms with E-state index in [1.807, 2.05) is 6.07 Å². The lowest BCUT2D eigenvalue weighted by atomic mass is 9.88. The highest BCUT2D eigenvalue weighted by atomic mass is 35.5. The Kier molecular flexibility index (Phi) is 6.50. The summed E-state index contributed by atoms with van der Waals surface area (Å²) in [6.07, 6.45) is 11.3. The van der Waals surface area contributed by atoms with Crippen molar-refractivity contribution in [2.75, 3.05) is 25.5 Å². The quantitative estimate of drug-likeness (QED) is 0.695. The molecule has 1 aromatic rings. The zero-order valence-electron chi connectivity index (χ0n) is 17.7. The summed E-state index contributed by atoms with van der Waals surface area (Å²) in [4.78, 5) is 14.8. The van der Waals surface area contributed by atoms with E-state index in [9.17, 15) is 4.79 Å². The highest BCUT2D eigenvalue weighted by Gasteiger charge is 2.30. The van der Waals surface area contributed by atoms with Gasteiger partial charge < -0.3 is 15.0 Å². The summed E-state index contributed by atoms with van der Waals surface area (Å²) in [5, 5.41) is 4.49. The molecule has 5 heteroatoms. The number of amides is 1. The maximum absolute atomic E-state index is 12.7. The first-order chi connectivity index (χ1) is 14.0. The topological polar surface area (TPSA) is 41.6 Å². The Labute approximate surface area is 179 Å². The van der Waals surface area contributed by atoms with Crippen molar-refractivity contribution in [3.63, 3.8) is 0 Å². The van der Waals surface area contributed by atoms with E-state index in [4.69, 9.17) is 16.3 Å². The zero-order chi connectivity index (χ0) is 20.4. The average Bonchev–Trinajstić information content (AvgIpc) is 3.20. The first-order valence-electron chi connectivity index (χ1n) is 11.1. The number of rotatable bonds is 5. The molecule has 4 nitrogen and oxygen atoms in total. The minimum atomic E-state index is 0.283. The Morgan fingerprint density at radius 2 is 1.90 bits per heavy atom. The molecule has 1 heterocycles. The van der Waals surface area contributed by atoms with Crippen LogP contribution in [-0.4, -0.2) is 43.2 Å². The first-order valence-corrected chi connectivity index (χ1v) is 11.5. The molecule has 2 aliphatic carbocycles. The highest BCUT2D eigenvalue weighted by molar-refractivity contribution is 6.31. The predicted molar refractivity (Wildman–Crippen MR) is 119 cm³/mol. The van der Waals surface area contributed by atoms with E-state index in [2.05, 4.69) is 29.3 Å². The SMILES string of the molecule is COC1CC(Nc2c(C)cc(Cl)cc2C=C2CCN(C(=O)C3CCCC3)CC2)C1. The fourth-order valence-corrected chi connectivity index (χ4v) is 5.25. The Morgan fingerprint density at radius 1 is 1.21 bits per heavy atom. The lowest BCUT2D eigenvalue weighted by Crippen LogP contribution is -2.40. The maximum Gasteiger partial charge on any atom is 0.225 e. The molecule has 4 rings (SSSR count). The molecule has 0 spiro atoms. The van der Waals surface area contributed by atoms with Crippen LogP contribution in [0.4, 0.5) is 5.69 Å². The van der Waals surface area contributed by atoms with Crippen molar-refractivity contribution in [2.45, 2.75) is 70.4 Å². The van der Waals surface area contributed by atoms with Gasteiger partial charge in [0.2, 0.25) is 5.91 Å². The van der Waals surface area contributed by atoms with Crippen molar-refractivity contribution in [1.82, 2.24) is 4.90 Å². The minimum Gasteiger partial charge on any atom is -0.381 e. The second-order valence-corrected chi connectivity index (χ2v) is 9.40. The van der Waals surface area contributed by atoms with Gasteiger partial charge in [-0.15, -0.1) is 0 Å². The first kappa shape index (κ1) is 20.7. The number of nitrogens with zero attached hydrogens (tertiary/aromatic N) is 1. The lowest BCUT2D eigenvalue weighted by molar-refractivity contribution is -0.135. The summed E-state index contributed by atoms with van der Waals surface area (Å²) in [7, 11) is 1.79. The van der Waals surface area contributed by atoms with Crippen LogP contribution in [0.1, 0.15) is 62.5 Å². The summed E-state index contributed by atoms with van der Waals surface area (Å²) < 4.78 is 5.42. The van der Waals surface area contributed by atoms with E-state index < -0.39 is 0 Å². The highest BCUT2D eigenvalue weighted by Crippen LogP contribution is 2.34. The van der Waals surface area contributed by atoms with Crippen LogP contribution in [0.3, 0.4) is 0 Å². The third kappa shape index (κ3) is 4.80. The van der Waals surface area contributed by atoms with Gasteiger partial charge in [0.1, 0.15) is 0 Å². The molecule has 1 saturated heterocycles. The van der Waals surface area contributed by atoms with Gasteiger partial charge in [-0.25, -0.2) is 0 Å². The van der Waals surface area contributed by atoms with Crippen molar-refractivity contribution < 1.29 is 9.53 Å². The number of ether oxygens (including phenoxy) is 1. The van der Waals surface area contributed by atoms with Crippen molar-refractivity contribution in [2.24, 2.45) is 5.92 Å². The average molecular weight is 417 g/mol. The van der Waals surface area contributed by atoms with E-state index in [-0.39, 0.29) is 5.92 Å². The summed E-state index contributed by atoms with van der Waals surface area (Å²) in [5.41, 5.74) is 4.94. The molecule has 3 aliphatic rings. The van der Waals surface area contributed by atoms with E-state index in [1.54, 1.807) is 7.11 Å². The molecule has 0 bridgehead atoms. The smallest absolute Gasteiger partial charge is 0.225 e. The van der Waals surface area contributed by atoms with Crippen LogP contribution in [0.2, 0.25) is 5.02 Å². The fourth-order valence-electron chi connectivity index (χ4n) is 4.97. The monoisotopic (exact) mass is 416 g/mol.